The van der Waals surface area contributed by atoms with Crippen LogP contribution < -0.4 is 5.32 Å². The molecule has 0 aliphatic rings. The fourth-order valence-corrected chi connectivity index (χ4v) is 4.21. The number of amides is 2. The summed E-state index contributed by atoms with van der Waals surface area (Å²) in [5, 5.41) is 4.02. The molecule has 7 heteroatoms. The Balaban J connectivity index is 2.24. The average molecular weight is 467 g/mol. The number of thioether (sulfide) groups is 1. The molecule has 4 nitrogen and oxygen atoms in total. The Morgan fingerprint density at radius 3 is 2.37 bits per heavy atom. The van der Waals surface area contributed by atoms with Gasteiger partial charge in [-0.2, -0.15) is 0 Å². The van der Waals surface area contributed by atoms with Gasteiger partial charge in [-0.15, -0.1) is 11.8 Å². The van der Waals surface area contributed by atoms with Crippen molar-refractivity contribution in [1.82, 2.24) is 10.2 Å². The molecule has 0 saturated heterocycles. The fraction of sp³-hybridized carbons (Fsp3) is 0.391. The number of rotatable bonds is 10. The van der Waals surface area contributed by atoms with Crippen LogP contribution in [-0.4, -0.2) is 34.6 Å². The van der Waals surface area contributed by atoms with Gasteiger partial charge in [-0.3, -0.25) is 9.59 Å². The first kappa shape index (κ1) is 24.6. The third-order valence-electron chi connectivity index (χ3n) is 4.85. The van der Waals surface area contributed by atoms with E-state index in [1.807, 2.05) is 51.1 Å². The van der Waals surface area contributed by atoms with Crippen LogP contribution in [0.3, 0.4) is 0 Å². The predicted octanol–water partition coefficient (Wildman–Crippen LogP) is 5.81. The van der Waals surface area contributed by atoms with Crippen molar-refractivity contribution >= 4 is 46.8 Å². The molecule has 0 radical (unpaired) electrons. The molecule has 162 valence electrons. The molecule has 2 aromatic rings. The summed E-state index contributed by atoms with van der Waals surface area (Å²) in [5.41, 5.74) is 0.758. The van der Waals surface area contributed by atoms with Gasteiger partial charge in [-0.1, -0.05) is 61.3 Å². The van der Waals surface area contributed by atoms with E-state index >= 15 is 0 Å². The maximum absolute atomic E-state index is 13.2. The maximum atomic E-state index is 13.2. The van der Waals surface area contributed by atoms with Crippen LogP contribution >= 0.6 is 35.0 Å². The van der Waals surface area contributed by atoms with Gasteiger partial charge >= 0.3 is 0 Å². The van der Waals surface area contributed by atoms with E-state index in [1.54, 1.807) is 23.1 Å². The van der Waals surface area contributed by atoms with Crippen LogP contribution in [0.2, 0.25) is 10.0 Å². The van der Waals surface area contributed by atoms with E-state index in [9.17, 15) is 9.59 Å². The van der Waals surface area contributed by atoms with Gasteiger partial charge in [0.25, 0.3) is 0 Å². The number of carbonyl (C=O) groups excluding carboxylic acids is 2. The van der Waals surface area contributed by atoms with Crippen molar-refractivity contribution in [3.8, 4) is 0 Å². The lowest BCUT2D eigenvalue weighted by Crippen LogP contribution is -2.51. The molecule has 1 N–H and O–H groups in total. The number of halogens is 2. The van der Waals surface area contributed by atoms with Crippen LogP contribution in [0.4, 0.5) is 0 Å². The van der Waals surface area contributed by atoms with Crippen molar-refractivity contribution in [3.63, 3.8) is 0 Å². The Kier molecular flexibility index (Phi) is 10.0. The summed E-state index contributed by atoms with van der Waals surface area (Å²) in [5.74, 6) is -0.0153. The molecule has 2 atom stereocenters. The van der Waals surface area contributed by atoms with E-state index in [-0.39, 0.29) is 30.2 Å². The van der Waals surface area contributed by atoms with Crippen molar-refractivity contribution in [3.05, 3.63) is 64.1 Å². The van der Waals surface area contributed by atoms with Crippen molar-refractivity contribution in [2.75, 3.05) is 5.75 Å². The maximum Gasteiger partial charge on any atom is 0.243 e. The first-order chi connectivity index (χ1) is 14.3. The molecule has 0 saturated carbocycles. The third-order valence-corrected chi connectivity index (χ3v) is 6.43. The summed E-state index contributed by atoms with van der Waals surface area (Å²) in [4.78, 5) is 28.8. The molecule has 0 spiro atoms. The van der Waals surface area contributed by atoms with Gasteiger partial charge in [0.05, 0.1) is 5.75 Å². The van der Waals surface area contributed by atoms with E-state index in [0.717, 1.165) is 16.9 Å². The highest BCUT2D eigenvalue weighted by Crippen LogP contribution is 2.25. The summed E-state index contributed by atoms with van der Waals surface area (Å²) >= 11 is 13.8. The van der Waals surface area contributed by atoms with Gasteiger partial charge in [0, 0.05) is 27.5 Å². The molecule has 0 unspecified atom stereocenters. The molecule has 0 heterocycles. The molecular formula is C23H28Cl2N2O2S. The highest BCUT2D eigenvalue weighted by Gasteiger charge is 2.29. The second kappa shape index (κ2) is 12.2. The lowest BCUT2D eigenvalue weighted by atomic mass is 10.1. The number of carbonyl (C=O) groups is 2. The molecule has 0 bridgehead atoms. The lowest BCUT2D eigenvalue weighted by Gasteiger charge is -2.31. The quantitative estimate of drug-likeness (QED) is 0.449. The lowest BCUT2D eigenvalue weighted by molar-refractivity contribution is -0.139. The van der Waals surface area contributed by atoms with Crippen LogP contribution in [-0.2, 0) is 16.1 Å². The molecular weight excluding hydrogens is 439 g/mol. The van der Waals surface area contributed by atoms with Gasteiger partial charge in [0.1, 0.15) is 6.04 Å². The molecule has 0 aromatic heterocycles. The molecule has 2 rings (SSSR count). The monoisotopic (exact) mass is 466 g/mol. The molecule has 0 fully saturated rings. The number of nitrogens with one attached hydrogen (secondary N) is 1. The van der Waals surface area contributed by atoms with Crippen LogP contribution in [0.5, 0.6) is 0 Å². The van der Waals surface area contributed by atoms with Crippen LogP contribution in [0, 0.1) is 0 Å². The summed E-state index contributed by atoms with van der Waals surface area (Å²) in [6.07, 6.45) is 1.33. The highest BCUT2D eigenvalue weighted by molar-refractivity contribution is 8.00. The molecule has 0 aliphatic heterocycles. The third kappa shape index (κ3) is 7.22. The van der Waals surface area contributed by atoms with Crippen molar-refractivity contribution in [1.29, 1.82) is 0 Å². The Morgan fingerprint density at radius 2 is 1.77 bits per heavy atom. The SMILES string of the molecule is CC[C@H](C)NC(=O)[C@H](CC)N(Cc1ccc(Cl)cc1Cl)C(=O)CSc1ccccc1. The summed E-state index contributed by atoms with van der Waals surface area (Å²) in [7, 11) is 0. The van der Waals surface area contributed by atoms with Crippen molar-refractivity contribution < 1.29 is 9.59 Å². The zero-order valence-electron chi connectivity index (χ0n) is 17.5. The Labute approximate surface area is 193 Å². The van der Waals surface area contributed by atoms with Gasteiger partial charge in [-0.25, -0.2) is 0 Å². The molecule has 0 aliphatic carbocycles. The smallest absolute Gasteiger partial charge is 0.243 e. The second-order valence-corrected chi connectivity index (χ2v) is 8.99. The largest absolute Gasteiger partial charge is 0.352 e. The van der Waals surface area contributed by atoms with Gasteiger partial charge in [0.2, 0.25) is 11.8 Å². The van der Waals surface area contributed by atoms with E-state index in [4.69, 9.17) is 23.2 Å². The highest BCUT2D eigenvalue weighted by atomic mass is 35.5. The Hall–Kier alpha value is -1.69. The van der Waals surface area contributed by atoms with Gasteiger partial charge in [-0.05, 0) is 49.6 Å². The average Bonchev–Trinajstić information content (AvgIpc) is 2.74. The van der Waals surface area contributed by atoms with Crippen LogP contribution in [0.1, 0.15) is 39.2 Å². The zero-order chi connectivity index (χ0) is 22.1. The van der Waals surface area contributed by atoms with Crippen LogP contribution in [0.25, 0.3) is 0 Å². The minimum Gasteiger partial charge on any atom is -0.352 e. The van der Waals surface area contributed by atoms with E-state index < -0.39 is 6.04 Å². The van der Waals surface area contributed by atoms with E-state index in [1.165, 1.54) is 11.8 Å². The Morgan fingerprint density at radius 1 is 1.07 bits per heavy atom. The topological polar surface area (TPSA) is 49.4 Å². The number of hydrogen-bond acceptors (Lipinski definition) is 3. The van der Waals surface area contributed by atoms with Crippen molar-refractivity contribution in [2.24, 2.45) is 0 Å². The van der Waals surface area contributed by atoms with Gasteiger partial charge < -0.3 is 10.2 Å². The molecule has 2 amide bonds. The fourth-order valence-electron chi connectivity index (χ4n) is 2.94. The summed E-state index contributed by atoms with van der Waals surface area (Å²) in [6, 6.07) is 14.4. The first-order valence-corrected chi connectivity index (χ1v) is 11.8. The van der Waals surface area contributed by atoms with E-state index in [0.29, 0.717) is 16.5 Å². The minimum atomic E-state index is -0.574. The number of hydrogen-bond donors (Lipinski definition) is 1. The van der Waals surface area contributed by atoms with Crippen LogP contribution in [0.15, 0.2) is 53.4 Å². The van der Waals surface area contributed by atoms with E-state index in [2.05, 4.69) is 5.32 Å². The Bertz CT molecular complexity index is 848. The zero-order valence-corrected chi connectivity index (χ0v) is 19.9. The minimum absolute atomic E-state index is 0.0429. The molecule has 2 aromatic carbocycles. The standard InChI is InChI=1S/C23H28Cl2N2O2S/c1-4-16(3)26-23(29)21(5-2)27(14-17-11-12-18(24)13-20(17)25)22(28)15-30-19-9-7-6-8-10-19/h6-13,16,21H,4-5,14-15H2,1-3H3,(H,26,29)/t16-,21-/m0/s1. The number of benzene rings is 2. The van der Waals surface area contributed by atoms with Gasteiger partial charge in [0.15, 0.2) is 0 Å². The summed E-state index contributed by atoms with van der Waals surface area (Å²) in [6.45, 7) is 6.13. The normalized spacial score (nSPS) is 12.8. The van der Waals surface area contributed by atoms with Crippen molar-refractivity contribution in [2.45, 2.75) is 57.1 Å². The number of nitrogens with zero attached hydrogens (tertiary/aromatic N) is 1. The predicted molar refractivity (Wildman–Crippen MR) is 126 cm³/mol. The molecule has 30 heavy (non-hydrogen) atoms. The first-order valence-electron chi connectivity index (χ1n) is 10.1. The second-order valence-electron chi connectivity index (χ2n) is 7.10. The summed E-state index contributed by atoms with van der Waals surface area (Å²) < 4.78 is 0.